The second-order valence-electron chi connectivity index (χ2n) is 3.83. The molecule has 0 bridgehead atoms. The number of hydrogen-bond donors (Lipinski definition) is 0. The quantitative estimate of drug-likeness (QED) is 0.681. The number of likely N-dealkylation sites (tertiary alicyclic amines) is 1. The lowest BCUT2D eigenvalue weighted by Crippen LogP contribution is -2.32. The smallest absolute Gasteiger partial charge is 0.231 e. The van der Waals surface area contributed by atoms with Gasteiger partial charge in [0.1, 0.15) is 0 Å². The molecule has 1 fully saturated rings. The van der Waals surface area contributed by atoms with Crippen molar-refractivity contribution in [2.24, 2.45) is 0 Å². The first kappa shape index (κ1) is 9.90. The van der Waals surface area contributed by atoms with Crippen LogP contribution in [0.2, 0.25) is 0 Å². The highest BCUT2D eigenvalue weighted by Gasteiger charge is 2.34. The van der Waals surface area contributed by atoms with Crippen LogP contribution in [0.3, 0.4) is 0 Å². The van der Waals surface area contributed by atoms with Crippen LogP contribution in [0.4, 0.5) is 0 Å². The number of rotatable bonds is 2. The van der Waals surface area contributed by atoms with Crippen molar-refractivity contribution >= 4 is 11.7 Å². The average molecular weight is 203 g/mol. The van der Waals surface area contributed by atoms with Gasteiger partial charge in [-0.15, -0.1) is 0 Å². The van der Waals surface area contributed by atoms with Crippen LogP contribution in [-0.4, -0.2) is 22.6 Å². The van der Waals surface area contributed by atoms with Crippen molar-refractivity contribution in [1.29, 1.82) is 0 Å². The van der Waals surface area contributed by atoms with E-state index in [1.54, 1.807) is 11.8 Å². The van der Waals surface area contributed by atoms with Gasteiger partial charge in [0, 0.05) is 6.54 Å². The van der Waals surface area contributed by atoms with Gasteiger partial charge in [0.2, 0.25) is 5.91 Å². The summed E-state index contributed by atoms with van der Waals surface area (Å²) in [6.45, 7) is 2.32. The van der Waals surface area contributed by atoms with E-state index < -0.39 is 0 Å². The first-order chi connectivity index (χ1) is 7.18. The Bertz CT molecular complexity index is 386. The minimum absolute atomic E-state index is 0.0240. The highest BCUT2D eigenvalue weighted by atomic mass is 16.2. The summed E-state index contributed by atoms with van der Waals surface area (Å²) in [5.41, 5.74) is 1.06. The van der Waals surface area contributed by atoms with Crippen LogP contribution >= 0.6 is 0 Å². The van der Waals surface area contributed by atoms with Gasteiger partial charge < -0.3 is 4.90 Å². The fourth-order valence-electron chi connectivity index (χ4n) is 1.79. The minimum atomic E-state index is -0.266. The number of hydrogen-bond acceptors (Lipinski definition) is 2. The molecule has 1 aliphatic rings. The lowest BCUT2D eigenvalue weighted by Gasteiger charge is -2.20. The number of amides is 1. The molecule has 1 amide bonds. The highest BCUT2D eigenvalue weighted by molar-refractivity contribution is 6.07. The fraction of sp³-hybridized carbons (Fsp3) is 0.333. The van der Waals surface area contributed by atoms with E-state index in [4.69, 9.17) is 0 Å². The van der Waals surface area contributed by atoms with Gasteiger partial charge >= 0.3 is 0 Å². The number of ketones is 1. The van der Waals surface area contributed by atoms with Crippen LogP contribution in [0.15, 0.2) is 30.3 Å². The van der Waals surface area contributed by atoms with Crippen molar-refractivity contribution < 1.29 is 9.59 Å². The standard InChI is InChI=1S/C12H13NO2/c1-9-11(14)7-12(15)13(9)8-10-5-3-2-4-6-10/h2-6,9H,7-8H2,1H3. The van der Waals surface area contributed by atoms with E-state index in [1.165, 1.54) is 0 Å². The third-order valence-corrected chi connectivity index (χ3v) is 2.78. The maximum Gasteiger partial charge on any atom is 0.231 e. The molecular formula is C12H13NO2. The molecule has 3 heteroatoms. The van der Waals surface area contributed by atoms with Crippen molar-refractivity contribution in [3.05, 3.63) is 35.9 Å². The predicted octanol–water partition coefficient (Wildman–Crippen LogP) is 1.38. The van der Waals surface area contributed by atoms with Gasteiger partial charge in [-0.05, 0) is 12.5 Å². The summed E-state index contributed by atoms with van der Waals surface area (Å²) < 4.78 is 0. The third-order valence-electron chi connectivity index (χ3n) is 2.78. The van der Waals surface area contributed by atoms with Crippen LogP contribution in [0.25, 0.3) is 0 Å². The molecule has 1 heterocycles. The molecule has 1 saturated heterocycles. The average Bonchev–Trinajstić information content (AvgIpc) is 2.47. The summed E-state index contributed by atoms with van der Waals surface area (Å²) in [7, 11) is 0. The van der Waals surface area contributed by atoms with Crippen LogP contribution < -0.4 is 0 Å². The molecule has 0 radical (unpaired) electrons. The molecule has 1 aromatic carbocycles. The van der Waals surface area contributed by atoms with Crippen LogP contribution in [0, 0.1) is 0 Å². The van der Waals surface area contributed by atoms with Gasteiger partial charge in [0.25, 0.3) is 0 Å². The molecule has 1 aromatic rings. The van der Waals surface area contributed by atoms with Crippen molar-refractivity contribution in [3.8, 4) is 0 Å². The Hall–Kier alpha value is -1.64. The largest absolute Gasteiger partial charge is 0.328 e. The Balaban J connectivity index is 2.13. The number of nitrogens with zero attached hydrogens (tertiary/aromatic N) is 1. The summed E-state index contributed by atoms with van der Waals surface area (Å²) in [4.78, 5) is 24.5. The Morgan fingerprint density at radius 1 is 1.27 bits per heavy atom. The molecule has 3 nitrogen and oxygen atoms in total. The molecular weight excluding hydrogens is 190 g/mol. The molecule has 78 valence electrons. The van der Waals surface area contributed by atoms with E-state index in [-0.39, 0.29) is 24.2 Å². The van der Waals surface area contributed by atoms with E-state index in [9.17, 15) is 9.59 Å². The van der Waals surface area contributed by atoms with Gasteiger partial charge in [0.05, 0.1) is 12.5 Å². The van der Waals surface area contributed by atoms with Gasteiger partial charge in [-0.3, -0.25) is 9.59 Å². The van der Waals surface area contributed by atoms with Gasteiger partial charge in [0.15, 0.2) is 5.78 Å². The molecule has 1 unspecified atom stereocenters. The zero-order valence-electron chi connectivity index (χ0n) is 8.64. The van der Waals surface area contributed by atoms with E-state index in [0.717, 1.165) is 5.56 Å². The van der Waals surface area contributed by atoms with Crippen molar-refractivity contribution in [2.75, 3.05) is 0 Å². The first-order valence-electron chi connectivity index (χ1n) is 5.04. The molecule has 0 aromatic heterocycles. The Labute approximate surface area is 88.7 Å². The number of Topliss-reactive ketones (excluding diaryl/α,β-unsaturated/α-hetero) is 1. The zero-order chi connectivity index (χ0) is 10.8. The summed E-state index contributed by atoms with van der Waals surface area (Å²) in [5, 5.41) is 0. The lowest BCUT2D eigenvalue weighted by molar-refractivity contribution is -0.129. The van der Waals surface area contributed by atoms with Crippen molar-refractivity contribution in [3.63, 3.8) is 0 Å². The highest BCUT2D eigenvalue weighted by Crippen LogP contribution is 2.17. The fourth-order valence-corrected chi connectivity index (χ4v) is 1.79. The lowest BCUT2D eigenvalue weighted by atomic mass is 10.2. The normalized spacial score (nSPS) is 21.1. The maximum absolute atomic E-state index is 11.5. The minimum Gasteiger partial charge on any atom is -0.328 e. The molecule has 0 spiro atoms. The first-order valence-corrected chi connectivity index (χ1v) is 5.04. The predicted molar refractivity (Wildman–Crippen MR) is 56.1 cm³/mol. The topological polar surface area (TPSA) is 37.4 Å². The van der Waals surface area contributed by atoms with Crippen LogP contribution in [0.1, 0.15) is 18.9 Å². The molecule has 0 N–H and O–H groups in total. The second kappa shape index (κ2) is 3.85. The number of benzene rings is 1. The Morgan fingerprint density at radius 2 is 1.93 bits per heavy atom. The van der Waals surface area contributed by atoms with E-state index in [0.29, 0.717) is 6.54 Å². The molecule has 15 heavy (non-hydrogen) atoms. The molecule has 0 saturated carbocycles. The SMILES string of the molecule is CC1C(=O)CC(=O)N1Cc1ccccc1. The summed E-state index contributed by atoms with van der Waals surface area (Å²) in [5.74, 6) is -0.0349. The third kappa shape index (κ3) is 1.91. The second-order valence-corrected chi connectivity index (χ2v) is 3.83. The van der Waals surface area contributed by atoms with Crippen LogP contribution in [-0.2, 0) is 16.1 Å². The Morgan fingerprint density at radius 3 is 2.47 bits per heavy atom. The van der Waals surface area contributed by atoms with Crippen molar-refractivity contribution in [2.45, 2.75) is 25.9 Å². The summed E-state index contributed by atoms with van der Waals surface area (Å²) in [6, 6.07) is 9.46. The van der Waals surface area contributed by atoms with E-state index in [2.05, 4.69) is 0 Å². The van der Waals surface area contributed by atoms with Gasteiger partial charge in [-0.2, -0.15) is 0 Å². The van der Waals surface area contributed by atoms with Gasteiger partial charge in [-0.25, -0.2) is 0 Å². The number of carbonyl (C=O) groups excluding carboxylic acids is 2. The molecule has 2 rings (SSSR count). The van der Waals surface area contributed by atoms with Crippen LogP contribution in [0.5, 0.6) is 0 Å². The summed E-state index contributed by atoms with van der Waals surface area (Å²) >= 11 is 0. The molecule has 1 atom stereocenters. The zero-order valence-corrected chi connectivity index (χ0v) is 8.64. The maximum atomic E-state index is 11.5. The van der Waals surface area contributed by atoms with E-state index in [1.807, 2.05) is 30.3 Å². The van der Waals surface area contributed by atoms with Gasteiger partial charge in [-0.1, -0.05) is 30.3 Å². The van der Waals surface area contributed by atoms with Crippen molar-refractivity contribution in [1.82, 2.24) is 4.90 Å². The Kier molecular flexibility index (Phi) is 2.54. The molecule has 1 aliphatic heterocycles. The monoisotopic (exact) mass is 203 g/mol. The number of carbonyl (C=O) groups is 2. The summed E-state index contributed by atoms with van der Waals surface area (Å²) in [6.07, 6.45) is 0.0635. The molecule has 0 aliphatic carbocycles. The van der Waals surface area contributed by atoms with E-state index >= 15 is 0 Å².